The van der Waals surface area contributed by atoms with Gasteiger partial charge in [0.2, 0.25) is 5.91 Å². The van der Waals surface area contributed by atoms with E-state index < -0.39 is 28.7 Å². The highest BCUT2D eigenvalue weighted by Crippen LogP contribution is 2.29. The largest absolute Gasteiger partial charge is 0.481 e. The standard InChI is InChI=1S/C29H43NO8/c1-7-37-24(32)21-16-13-17-22(23(21)25(33)38-8-2)30-26(34)28(3,4)18-11-9-14-20(31)15-10-12-19-29(5,6)27(35)36/h13,16-17H,7-12,14-15,18-19H2,1-6H3,(H,30,34)(H,35,36). The van der Waals surface area contributed by atoms with Crippen LogP contribution in [0.3, 0.4) is 0 Å². The first-order chi connectivity index (χ1) is 17.8. The zero-order valence-corrected chi connectivity index (χ0v) is 23.6. The Labute approximate surface area is 225 Å². The van der Waals surface area contributed by atoms with E-state index in [9.17, 15) is 24.0 Å². The number of benzene rings is 1. The highest BCUT2D eigenvalue weighted by atomic mass is 16.5. The number of anilines is 1. The minimum absolute atomic E-state index is 0.0194. The van der Waals surface area contributed by atoms with Crippen LogP contribution in [-0.2, 0) is 23.9 Å². The molecule has 212 valence electrons. The fourth-order valence-electron chi connectivity index (χ4n) is 3.87. The first kappa shape index (κ1) is 32.8. The zero-order valence-electron chi connectivity index (χ0n) is 23.6. The van der Waals surface area contributed by atoms with Crippen LogP contribution in [0.1, 0.15) is 114 Å². The molecule has 9 nitrogen and oxygen atoms in total. The molecule has 38 heavy (non-hydrogen) atoms. The highest BCUT2D eigenvalue weighted by Gasteiger charge is 2.30. The molecule has 0 atom stereocenters. The van der Waals surface area contributed by atoms with Crippen molar-refractivity contribution in [2.75, 3.05) is 18.5 Å². The van der Waals surface area contributed by atoms with Crippen molar-refractivity contribution in [2.45, 2.75) is 92.9 Å². The summed E-state index contributed by atoms with van der Waals surface area (Å²) in [5.41, 5.74) is -1.43. The van der Waals surface area contributed by atoms with Crippen LogP contribution in [0, 0.1) is 10.8 Å². The Kier molecular flexibility index (Phi) is 13.2. The monoisotopic (exact) mass is 533 g/mol. The number of unbranched alkanes of at least 4 members (excludes halogenated alkanes) is 2. The van der Waals surface area contributed by atoms with Gasteiger partial charge in [0, 0.05) is 18.3 Å². The van der Waals surface area contributed by atoms with Crippen LogP contribution in [0.5, 0.6) is 0 Å². The van der Waals surface area contributed by atoms with E-state index in [1.165, 1.54) is 6.07 Å². The fraction of sp³-hybridized carbons (Fsp3) is 0.621. The van der Waals surface area contributed by atoms with Crippen LogP contribution in [-0.4, -0.2) is 47.9 Å². The van der Waals surface area contributed by atoms with Gasteiger partial charge in [-0.1, -0.05) is 32.8 Å². The molecule has 0 aromatic heterocycles. The minimum Gasteiger partial charge on any atom is -0.481 e. The predicted molar refractivity (Wildman–Crippen MR) is 144 cm³/mol. The van der Waals surface area contributed by atoms with Crippen molar-refractivity contribution in [2.24, 2.45) is 10.8 Å². The maximum atomic E-state index is 13.1. The Bertz CT molecular complexity index is 996. The summed E-state index contributed by atoms with van der Waals surface area (Å²) >= 11 is 0. The number of carboxylic acids is 1. The highest BCUT2D eigenvalue weighted by molar-refractivity contribution is 6.09. The second kappa shape index (κ2) is 15.2. The average molecular weight is 534 g/mol. The van der Waals surface area contributed by atoms with E-state index in [0.717, 1.165) is 0 Å². The van der Waals surface area contributed by atoms with Gasteiger partial charge in [-0.05, 0) is 65.5 Å². The molecule has 0 bridgehead atoms. The lowest BCUT2D eigenvalue weighted by Crippen LogP contribution is -2.32. The van der Waals surface area contributed by atoms with Gasteiger partial charge in [0.15, 0.2) is 0 Å². The number of esters is 2. The van der Waals surface area contributed by atoms with Gasteiger partial charge in [0.1, 0.15) is 5.78 Å². The maximum Gasteiger partial charge on any atom is 0.341 e. The number of ether oxygens (including phenoxy) is 2. The van der Waals surface area contributed by atoms with Gasteiger partial charge in [-0.25, -0.2) is 9.59 Å². The molecule has 0 fully saturated rings. The molecule has 1 aromatic rings. The molecule has 0 aliphatic carbocycles. The molecule has 0 unspecified atom stereocenters. The number of aliphatic carboxylic acids is 1. The Morgan fingerprint density at radius 1 is 0.789 bits per heavy atom. The molecule has 0 spiro atoms. The first-order valence-corrected chi connectivity index (χ1v) is 13.3. The molecule has 0 saturated carbocycles. The van der Waals surface area contributed by atoms with Gasteiger partial charge in [-0.15, -0.1) is 0 Å². The summed E-state index contributed by atoms with van der Waals surface area (Å²) in [5.74, 6) is -2.43. The molecule has 1 rings (SSSR count). The van der Waals surface area contributed by atoms with Crippen molar-refractivity contribution in [3.05, 3.63) is 29.3 Å². The second-order valence-electron chi connectivity index (χ2n) is 10.6. The number of hydrogen-bond donors (Lipinski definition) is 2. The van der Waals surface area contributed by atoms with Crippen LogP contribution < -0.4 is 5.32 Å². The predicted octanol–water partition coefficient (Wildman–Crippen LogP) is 5.81. The van der Waals surface area contributed by atoms with E-state index >= 15 is 0 Å². The molecule has 1 amide bonds. The Morgan fingerprint density at radius 3 is 1.84 bits per heavy atom. The second-order valence-corrected chi connectivity index (χ2v) is 10.6. The minimum atomic E-state index is -0.834. The van der Waals surface area contributed by atoms with Crippen molar-refractivity contribution in [1.82, 2.24) is 0 Å². The van der Waals surface area contributed by atoms with E-state index in [2.05, 4.69) is 5.32 Å². The van der Waals surface area contributed by atoms with Crippen molar-refractivity contribution >= 4 is 35.3 Å². The quantitative estimate of drug-likeness (QED) is 0.189. The van der Waals surface area contributed by atoms with E-state index in [0.29, 0.717) is 51.4 Å². The Morgan fingerprint density at radius 2 is 1.32 bits per heavy atom. The molecule has 0 aliphatic heterocycles. The third kappa shape index (κ3) is 10.3. The van der Waals surface area contributed by atoms with Crippen molar-refractivity contribution < 1.29 is 38.6 Å². The molecule has 0 radical (unpaired) electrons. The topological polar surface area (TPSA) is 136 Å². The van der Waals surface area contributed by atoms with Gasteiger partial charge in [-0.2, -0.15) is 0 Å². The lowest BCUT2D eigenvalue weighted by Gasteiger charge is -2.24. The zero-order chi connectivity index (χ0) is 28.9. The van der Waals surface area contributed by atoms with Crippen molar-refractivity contribution in [3.63, 3.8) is 0 Å². The molecule has 0 heterocycles. The van der Waals surface area contributed by atoms with Gasteiger partial charge in [0.05, 0.1) is 35.4 Å². The number of rotatable bonds is 17. The van der Waals surface area contributed by atoms with E-state index in [-0.39, 0.29) is 41.7 Å². The number of Topliss-reactive ketones (excluding diaryl/α,β-unsaturated/α-hetero) is 1. The van der Waals surface area contributed by atoms with E-state index in [4.69, 9.17) is 14.6 Å². The van der Waals surface area contributed by atoms with Gasteiger partial charge >= 0.3 is 17.9 Å². The summed E-state index contributed by atoms with van der Waals surface area (Å²) in [6.45, 7) is 10.5. The smallest absolute Gasteiger partial charge is 0.341 e. The SMILES string of the molecule is CCOC(=O)c1cccc(NC(=O)C(C)(C)CCCCC(=O)CCCCC(C)(C)C(=O)O)c1C(=O)OCC. The number of carbonyl (C=O) groups excluding carboxylic acids is 4. The fourth-order valence-corrected chi connectivity index (χ4v) is 3.87. The Balaban J connectivity index is 2.68. The van der Waals surface area contributed by atoms with Gasteiger partial charge in [0.25, 0.3) is 0 Å². The van der Waals surface area contributed by atoms with Gasteiger partial charge < -0.3 is 19.9 Å². The number of hydrogen-bond acceptors (Lipinski definition) is 7. The number of carboxylic acid groups (broad SMARTS) is 1. The Hall–Kier alpha value is -3.23. The lowest BCUT2D eigenvalue weighted by molar-refractivity contribution is -0.147. The third-order valence-corrected chi connectivity index (χ3v) is 6.50. The number of amides is 1. The normalized spacial score (nSPS) is 11.5. The summed E-state index contributed by atoms with van der Waals surface area (Å²) in [7, 11) is 0. The molecule has 0 aliphatic rings. The summed E-state index contributed by atoms with van der Waals surface area (Å²) in [5, 5.41) is 11.9. The maximum absolute atomic E-state index is 13.1. The van der Waals surface area contributed by atoms with Crippen LogP contribution in [0.4, 0.5) is 5.69 Å². The molecular formula is C29H43NO8. The van der Waals surface area contributed by atoms with Crippen molar-refractivity contribution in [1.29, 1.82) is 0 Å². The van der Waals surface area contributed by atoms with Crippen LogP contribution in [0.15, 0.2) is 18.2 Å². The van der Waals surface area contributed by atoms with E-state index in [1.54, 1.807) is 53.7 Å². The first-order valence-electron chi connectivity index (χ1n) is 13.3. The lowest BCUT2D eigenvalue weighted by atomic mass is 9.85. The molecule has 9 heteroatoms. The average Bonchev–Trinajstić information content (AvgIpc) is 2.84. The van der Waals surface area contributed by atoms with Crippen LogP contribution >= 0.6 is 0 Å². The number of carbonyl (C=O) groups is 5. The molecule has 0 saturated heterocycles. The summed E-state index contributed by atoms with van der Waals surface area (Å²) < 4.78 is 10.2. The molecular weight excluding hydrogens is 490 g/mol. The number of ketones is 1. The third-order valence-electron chi connectivity index (χ3n) is 6.50. The van der Waals surface area contributed by atoms with E-state index in [1.807, 2.05) is 0 Å². The van der Waals surface area contributed by atoms with Crippen LogP contribution in [0.2, 0.25) is 0 Å². The molecule has 1 aromatic carbocycles. The van der Waals surface area contributed by atoms with Crippen molar-refractivity contribution in [3.8, 4) is 0 Å². The number of nitrogens with one attached hydrogen (secondary N) is 1. The van der Waals surface area contributed by atoms with Crippen LogP contribution in [0.25, 0.3) is 0 Å². The summed E-state index contributed by atoms with van der Waals surface area (Å²) in [6, 6.07) is 4.56. The summed E-state index contributed by atoms with van der Waals surface area (Å²) in [4.78, 5) is 61.5. The summed E-state index contributed by atoms with van der Waals surface area (Å²) in [6.07, 6.45) is 4.53. The molecule has 2 N–H and O–H groups in total. The van der Waals surface area contributed by atoms with Gasteiger partial charge in [-0.3, -0.25) is 14.4 Å².